The highest BCUT2D eigenvalue weighted by Crippen LogP contribution is 2.29. The number of carbonyl (C=O) groups is 1. The summed E-state index contributed by atoms with van der Waals surface area (Å²) in [6.07, 6.45) is 1.76. The second kappa shape index (κ2) is 5.07. The summed E-state index contributed by atoms with van der Waals surface area (Å²) in [5.41, 5.74) is 0.546. The normalized spacial score (nSPS) is 18.7. The predicted octanol–water partition coefficient (Wildman–Crippen LogP) is 2.67. The van der Waals surface area contributed by atoms with E-state index in [1.165, 1.54) is 0 Å². The molecule has 1 aromatic rings. The maximum atomic E-state index is 12.2. The van der Waals surface area contributed by atoms with Gasteiger partial charge in [0.2, 0.25) is 5.91 Å². The van der Waals surface area contributed by atoms with E-state index < -0.39 is 0 Å². The summed E-state index contributed by atoms with van der Waals surface area (Å²) >= 11 is 5.80. The van der Waals surface area contributed by atoms with Crippen LogP contribution in [-0.2, 0) is 4.79 Å². The molecule has 1 aromatic carbocycles. The number of nitrogens with one attached hydrogen (secondary N) is 2. The average molecular weight is 253 g/mol. The van der Waals surface area contributed by atoms with E-state index in [1.807, 2.05) is 19.1 Å². The molecule has 0 radical (unpaired) electrons. The fraction of sp³-hybridized carbons (Fsp3) is 0.462. The van der Waals surface area contributed by atoms with Gasteiger partial charge in [0.15, 0.2) is 0 Å². The number of rotatable bonds is 2. The summed E-state index contributed by atoms with van der Waals surface area (Å²) < 4.78 is 0. The minimum atomic E-state index is -0.259. The molecule has 1 fully saturated rings. The monoisotopic (exact) mass is 252 g/mol. The van der Waals surface area contributed by atoms with Gasteiger partial charge in [0.25, 0.3) is 0 Å². The van der Waals surface area contributed by atoms with Gasteiger partial charge in [0, 0.05) is 16.1 Å². The number of halogens is 1. The van der Waals surface area contributed by atoms with Crippen molar-refractivity contribution in [1.29, 1.82) is 0 Å². The Bertz CT molecular complexity index is 396. The third kappa shape index (κ3) is 2.99. The first-order valence-electron chi connectivity index (χ1n) is 5.88. The minimum absolute atomic E-state index is 0.0984. The zero-order valence-electron chi connectivity index (χ0n) is 9.92. The summed E-state index contributed by atoms with van der Waals surface area (Å²) in [6, 6.07) is 7.21. The number of benzene rings is 1. The molecule has 1 aliphatic rings. The van der Waals surface area contributed by atoms with Gasteiger partial charge >= 0.3 is 0 Å². The Labute approximate surface area is 107 Å². The fourth-order valence-electron chi connectivity index (χ4n) is 2.02. The van der Waals surface area contributed by atoms with Crippen LogP contribution in [0, 0.1) is 5.41 Å². The van der Waals surface area contributed by atoms with Crippen LogP contribution in [0.3, 0.4) is 0 Å². The van der Waals surface area contributed by atoms with Crippen LogP contribution in [0.15, 0.2) is 24.3 Å². The Kier molecular flexibility index (Phi) is 3.69. The van der Waals surface area contributed by atoms with Crippen molar-refractivity contribution in [3.05, 3.63) is 29.3 Å². The van der Waals surface area contributed by atoms with Gasteiger partial charge in [-0.05, 0) is 50.2 Å². The summed E-state index contributed by atoms with van der Waals surface area (Å²) in [5.74, 6) is 0.0984. The lowest BCUT2D eigenvalue weighted by Crippen LogP contribution is -2.42. The van der Waals surface area contributed by atoms with E-state index in [1.54, 1.807) is 12.1 Å². The molecule has 1 heterocycles. The van der Waals surface area contributed by atoms with Crippen LogP contribution in [0.4, 0.5) is 5.69 Å². The highest BCUT2D eigenvalue weighted by molar-refractivity contribution is 6.30. The maximum Gasteiger partial charge on any atom is 0.230 e. The zero-order chi connectivity index (χ0) is 12.3. The Balaban J connectivity index is 2.03. The van der Waals surface area contributed by atoms with Crippen molar-refractivity contribution >= 4 is 23.2 Å². The molecule has 4 heteroatoms. The highest BCUT2D eigenvalue weighted by Gasteiger charge is 2.34. The Morgan fingerprint density at radius 1 is 1.29 bits per heavy atom. The summed E-state index contributed by atoms with van der Waals surface area (Å²) in [4.78, 5) is 12.2. The lowest BCUT2D eigenvalue weighted by molar-refractivity contribution is -0.126. The number of anilines is 1. The Morgan fingerprint density at radius 3 is 2.47 bits per heavy atom. The molecule has 92 valence electrons. The number of amides is 1. The van der Waals surface area contributed by atoms with Crippen molar-refractivity contribution in [3.63, 3.8) is 0 Å². The van der Waals surface area contributed by atoms with Crippen molar-refractivity contribution in [2.45, 2.75) is 19.8 Å². The fourth-order valence-corrected chi connectivity index (χ4v) is 2.15. The van der Waals surface area contributed by atoms with E-state index in [-0.39, 0.29) is 11.3 Å². The molecule has 0 aliphatic carbocycles. The number of hydrogen-bond donors (Lipinski definition) is 2. The molecule has 1 saturated heterocycles. The molecule has 17 heavy (non-hydrogen) atoms. The summed E-state index contributed by atoms with van der Waals surface area (Å²) in [7, 11) is 0. The van der Waals surface area contributed by atoms with E-state index in [0.717, 1.165) is 31.6 Å². The lowest BCUT2D eigenvalue weighted by atomic mass is 9.80. The van der Waals surface area contributed by atoms with Gasteiger partial charge in [0.1, 0.15) is 0 Å². The number of piperidine rings is 1. The molecule has 2 N–H and O–H groups in total. The second-order valence-electron chi connectivity index (χ2n) is 4.77. The average Bonchev–Trinajstić information content (AvgIpc) is 2.33. The van der Waals surface area contributed by atoms with Gasteiger partial charge in [-0.15, -0.1) is 0 Å². The van der Waals surface area contributed by atoms with Crippen molar-refractivity contribution in [3.8, 4) is 0 Å². The van der Waals surface area contributed by atoms with Crippen molar-refractivity contribution in [2.75, 3.05) is 18.4 Å². The van der Waals surface area contributed by atoms with E-state index >= 15 is 0 Å². The van der Waals surface area contributed by atoms with Crippen LogP contribution >= 0.6 is 11.6 Å². The van der Waals surface area contributed by atoms with Crippen LogP contribution < -0.4 is 10.6 Å². The van der Waals surface area contributed by atoms with Crippen LogP contribution in [0.2, 0.25) is 5.02 Å². The highest BCUT2D eigenvalue weighted by atomic mass is 35.5. The van der Waals surface area contributed by atoms with E-state index in [9.17, 15) is 4.79 Å². The molecule has 0 spiro atoms. The van der Waals surface area contributed by atoms with Crippen LogP contribution in [0.1, 0.15) is 19.8 Å². The topological polar surface area (TPSA) is 41.1 Å². The molecule has 0 unspecified atom stereocenters. The number of carbonyl (C=O) groups excluding carboxylic acids is 1. The van der Waals surface area contributed by atoms with Gasteiger partial charge in [0.05, 0.1) is 0 Å². The van der Waals surface area contributed by atoms with E-state index in [4.69, 9.17) is 11.6 Å². The largest absolute Gasteiger partial charge is 0.326 e. The molecule has 0 saturated carbocycles. The molecule has 3 nitrogen and oxygen atoms in total. The lowest BCUT2D eigenvalue weighted by Gasteiger charge is -2.32. The van der Waals surface area contributed by atoms with Crippen molar-refractivity contribution in [2.24, 2.45) is 5.41 Å². The molecule has 2 rings (SSSR count). The quantitative estimate of drug-likeness (QED) is 0.850. The van der Waals surface area contributed by atoms with Gasteiger partial charge in [-0.25, -0.2) is 0 Å². The molecular weight excluding hydrogens is 236 g/mol. The van der Waals surface area contributed by atoms with Crippen molar-refractivity contribution in [1.82, 2.24) is 5.32 Å². The zero-order valence-corrected chi connectivity index (χ0v) is 10.7. The first kappa shape index (κ1) is 12.4. The molecule has 0 atom stereocenters. The molecular formula is C13H17ClN2O. The SMILES string of the molecule is CC1(C(=O)Nc2ccc(Cl)cc2)CCNCC1. The summed E-state index contributed by atoms with van der Waals surface area (Å²) in [6.45, 7) is 3.84. The second-order valence-corrected chi connectivity index (χ2v) is 5.21. The van der Waals surface area contributed by atoms with Gasteiger partial charge in [-0.1, -0.05) is 18.5 Å². The van der Waals surface area contributed by atoms with Crippen LogP contribution in [0.25, 0.3) is 0 Å². The molecule has 1 amide bonds. The minimum Gasteiger partial charge on any atom is -0.326 e. The molecule has 0 aromatic heterocycles. The van der Waals surface area contributed by atoms with E-state index in [0.29, 0.717) is 5.02 Å². The third-order valence-corrected chi connectivity index (χ3v) is 3.61. The van der Waals surface area contributed by atoms with Crippen LogP contribution in [0.5, 0.6) is 0 Å². The summed E-state index contributed by atoms with van der Waals surface area (Å²) in [5, 5.41) is 6.90. The van der Waals surface area contributed by atoms with Crippen molar-refractivity contribution < 1.29 is 4.79 Å². The molecule has 0 bridgehead atoms. The van der Waals surface area contributed by atoms with Crippen LogP contribution in [-0.4, -0.2) is 19.0 Å². The first-order chi connectivity index (χ1) is 8.10. The predicted molar refractivity (Wildman–Crippen MR) is 70.3 cm³/mol. The molecule has 1 aliphatic heterocycles. The standard InChI is InChI=1S/C13H17ClN2O/c1-13(6-8-15-9-7-13)12(17)16-11-4-2-10(14)3-5-11/h2-5,15H,6-9H2,1H3,(H,16,17). The first-order valence-corrected chi connectivity index (χ1v) is 6.26. The maximum absolute atomic E-state index is 12.2. The smallest absolute Gasteiger partial charge is 0.230 e. The van der Waals surface area contributed by atoms with E-state index in [2.05, 4.69) is 10.6 Å². The van der Waals surface area contributed by atoms with Gasteiger partial charge in [-0.2, -0.15) is 0 Å². The Morgan fingerprint density at radius 2 is 1.88 bits per heavy atom. The van der Waals surface area contributed by atoms with Gasteiger partial charge < -0.3 is 10.6 Å². The number of hydrogen-bond acceptors (Lipinski definition) is 2. The third-order valence-electron chi connectivity index (χ3n) is 3.36. The Hall–Kier alpha value is -1.06. The van der Waals surface area contributed by atoms with Gasteiger partial charge in [-0.3, -0.25) is 4.79 Å².